The number of aromatic nitrogens is 2. The second kappa shape index (κ2) is 7.65. The molecule has 0 unspecified atom stereocenters. The van der Waals surface area contributed by atoms with E-state index in [0.717, 1.165) is 17.3 Å². The highest BCUT2D eigenvalue weighted by Crippen LogP contribution is 2.35. The molecule has 0 spiro atoms. The molecule has 0 bridgehead atoms. The molecule has 0 radical (unpaired) electrons. The monoisotopic (exact) mass is 399 g/mol. The van der Waals surface area contributed by atoms with Crippen LogP contribution in [0.4, 0.5) is 8.78 Å². The van der Waals surface area contributed by atoms with Crippen LogP contribution >= 0.6 is 0 Å². The number of nitrogens with zero attached hydrogens (tertiary/aromatic N) is 2. The van der Waals surface area contributed by atoms with E-state index in [9.17, 15) is 17.2 Å². The van der Waals surface area contributed by atoms with Crippen LogP contribution in [0.5, 0.6) is 0 Å². The van der Waals surface area contributed by atoms with Crippen molar-refractivity contribution in [3.8, 4) is 0 Å². The molecule has 1 aliphatic heterocycles. The van der Waals surface area contributed by atoms with E-state index in [1.807, 2.05) is 25.1 Å². The lowest BCUT2D eigenvalue weighted by Gasteiger charge is -2.38. The Kier molecular flexibility index (Phi) is 5.64. The molecule has 1 N–H and O–H groups in total. The van der Waals surface area contributed by atoms with Crippen molar-refractivity contribution in [1.82, 2.24) is 14.5 Å². The molecule has 0 amide bonds. The van der Waals surface area contributed by atoms with Crippen molar-refractivity contribution in [3.05, 3.63) is 47.3 Å². The van der Waals surface area contributed by atoms with Crippen molar-refractivity contribution in [2.24, 2.45) is 0 Å². The Labute approximate surface area is 157 Å². The number of halogens is 2. The average molecular weight is 399 g/mol. The standard InChI is InChI=1S/C18H23F2N3O3S/c1-13-4-3-5-15(10-13)18(6-8-26-9-7-18)12-22-27(24,25)16-11-21-23(14(16)2)17(19)20/h3-5,10-11,17,22H,6-9,12H2,1-2H3. The molecule has 1 aromatic carbocycles. The smallest absolute Gasteiger partial charge is 0.333 e. The average Bonchev–Trinajstić information content (AvgIpc) is 3.03. The Hall–Kier alpha value is -1.84. The molecule has 0 saturated carbocycles. The van der Waals surface area contributed by atoms with Gasteiger partial charge in [0, 0.05) is 25.2 Å². The molecule has 2 aromatic rings. The maximum Gasteiger partial charge on any atom is 0.333 e. The Morgan fingerprint density at radius 2 is 2.00 bits per heavy atom. The van der Waals surface area contributed by atoms with Crippen LogP contribution in [-0.2, 0) is 20.2 Å². The number of ether oxygens (including phenoxy) is 1. The molecule has 27 heavy (non-hydrogen) atoms. The molecule has 0 atom stereocenters. The quantitative estimate of drug-likeness (QED) is 0.811. The number of aryl methyl sites for hydroxylation is 1. The summed E-state index contributed by atoms with van der Waals surface area (Å²) in [5.74, 6) is 0. The van der Waals surface area contributed by atoms with Gasteiger partial charge in [-0.25, -0.2) is 17.8 Å². The molecule has 3 rings (SSSR count). The molecule has 1 aromatic heterocycles. The zero-order chi connectivity index (χ0) is 19.7. The molecule has 2 heterocycles. The highest BCUT2D eigenvalue weighted by atomic mass is 32.2. The molecule has 1 fully saturated rings. The lowest BCUT2D eigenvalue weighted by Crippen LogP contribution is -2.44. The van der Waals surface area contributed by atoms with Crippen LogP contribution in [0.15, 0.2) is 35.4 Å². The van der Waals surface area contributed by atoms with Crippen LogP contribution in [0.2, 0.25) is 0 Å². The van der Waals surface area contributed by atoms with Crippen molar-refractivity contribution in [3.63, 3.8) is 0 Å². The predicted molar refractivity (Wildman–Crippen MR) is 96.3 cm³/mol. The fourth-order valence-electron chi connectivity index (χ4n) is 3.48. The predicted octanol–water partition coefficient (Wildman–Crippen LogP) is 2.92. The SMILES string of the molecule is Cc1cccc(C2(CNS(=O)(=O)c3cnn(C(F)F)c3C)CCOCC2)c1. The van der Waals surface area contributed by atoms with E-state index in [2.05, 4.69) is 15.9 Å². The first-order chi connectivity index (χ1) is 12.8. The number of rotatable bonds is 6. The van der Waals surface area contributed by atoms with Crippen LogP contribution < -0.4 is 4.72 Å². The summed E-state index contributed by atoms with van der Waals surface area (Å²) >= 11 is 0. The lowest BCUT2D eigenvalue weighted by molar-refractivity contribution is 0.0516. The summed E-state index contributed by atoms with van der Waals surface area (Å²) in [7, 11) is -3.97. The Morgan fingerprint density at radius 1 is 1.30 bits per heavy atom. The van der Waals surface area contributed by atoms with Crippen LogP contribution in [-0.4, -0.2) is 38.0 Å². The molecule has 6 nitrogen and oxygen atoms in total. The van der Waals surface area contributed by atoms with Crippen molar-refractivity contribution in [2.45, 2.75) is 43.5 Å². The number of benzene rings is 1. The van der Waals surface area contributed by atoms with Gasteiger partial charge in [-0.3, -0.25) is 0 Å². The van der Waals surface area contributed by atoms with E-state index < -0.39 is 22.0 Å². The minimum atomic E-state index is -3.97. The van der Waals surface area contributed by atoms with Crippen LogP contribution in [0, 0.1) is 13.8 Å². The number of sulfonamides is 1. The van der Waals surface area contributed by atoms with Crippen molar-refractivity contribution in [1.29, 1.82) is 0 Å². The van der Waals surface area contributed by atoms with Gasteiger partial charge in [0.15, 0.2) is 0 Å². The van der Waals surface area contributed by atoms with Crippen molar-refractivity contribution in [2.75, 3.05) is 19.8 Å². The fraction of sp³-hybridized carbons (Fsp3) is 0.500. The number of hydrogen-bond acceptors (Lipinski definition) is 4. The zero-order valence-corrected chi connectivity index (χ0v) is 16.1. The summed E-state index contributed by atoms with van der Waals surface area (Å²) in [6.45, 7) is 1.67. The van der Waals surface area contributed by atoms with E-state index in [1.54, 1.807) is 0 Å². The first kappa shape index (κ1) is 19.9. The second-order valence-corrected chi connectivity index (χ2v) is 8.64. The third-order valence-corrected chi connectivity index (χ3v) is 6.66. The fourth-order valence-corrected chi connectivity index (χ4v) is 4.77. The van der Waals surface area contributed by atoms with Gasteiger partial charge in [-0.2, -0.15) is 13.9 Å². The molecule has 9 heteroatoms. The van der Waals surface area contributed by atoms with Gasteiger partial charge in [0.05, 0.1) is 11.9 Å². The van der Waals surface area contributed by atoms with E-state index in [-0.39, 0.29) is 17.1 Å². The van der Waals surface area contributed by atoms with E-state index in [1.165, 1.54) is 6.92 Å². The minimum Gasteiger partial charge on any atom is -0.381 e. The summed E-state index contributed by atoms with van der Waals surface area (Å²) in [5, 5.41) is 3.49. The zero-order valence-electron chi connectivity index (χ0n) is 15.3. The second-order valence-electron chi connectivity index (χ2n) is 6.90. The summed E-state index contributed by atoms with van der Waals surface area (Å²) in [5.41, 5.74) is 1.65. The Balaban J connectivity index is 1.87. The van der Waals surface area contributed by atoms with E-state index in [4.69, 9.17) is 4.74 Å². The van der Waals surface area contributed by atoms with E-state index in [0.29, 0.717) is 30.7 Å². The maximum absolute atomic E-state index is 12.9. The Bertz CT molecular complexity index is 906. The summed E-state index contributed by atoms with van der Waals surface area (Å²) in [4.78, 5) is -0.228. The van der Waals surface area contributed by atoms with Crippen LogP contribution in [0.1, 0.15) is 36.2 Å². The molecule has 148 valence electrons. The van der Waals surface area contributed by atoms with Crippen molar-refractivity contribution < 1.29 is 21.9 Å². The first-order valence-electron chi connectivity index (χ1n) is 8.72. The Morgan fingerprint density at radius 3 is 2.59 bits per heavy atom. The van der Waals surface area contributed by atoms with Crippen molar-refractivity contribution >= 4 is 10.0 Å². The number of alkyl halides is 2. The minimum absolute atomic E-state index is 0.0888. The summed E-state index contributed by atoms with van der Waals surface area (Å²) in [6, 6.07) is 7.99. The van der Waals surface area contributed by atoms with Gasteiger partial charge in [-0.05, 0) is 32.3 Å². The van der Waals surface area contributed by atoms with Crippen LogP contribution in [0.25, 0.3) is 0 Å². The number of hydrogen-bond donors (Lipinski definition) is 1. The van der Waals surface area contributed by atoms with Gasteiger partial charge in [0.1, 0.15) is 4.90 Å². The topological polar surface area (TPSA) is 73.2 Å². The molecular weight excluding hydrogens is 376 g/mol. The highest BCUT2D eigenvalue weighted by Gasteiger charge is 2.36. The highest BCUT2D eigenvalue weighted by molar-refractivity contribution is 7.89. The maximum atomic E-state index is 12.9. The van der Waals surface area contributed by atoms with Crippen LogP contribution in [0.3, 0.4) is 0 Å². The normalized spacial score (nSPS) is 17.4. The molecule has 1 aliphatic rings. The van der Waals surface area contributed by atoms with E-state index >= 15 is 0 Å². The van der Waals surface area contributed by atoms with Gasteiger partial charge in [-0.15, -0.1) is 0 Å². The number of nitrogens with one attached hydrogen (secondary N) is 1. The lowest BCUT2D eigenvalue weighted by atomic mass is 9.74. The molecule has 0 aliphatic carbocycles. The van der Waals surface area contributed by atoms with Gasteiger partial charge >= 0.3 is 6.55 Å². The molecular formula is C18H23F2N3O3S. The third-order valence-electron chi connectivity index (χ3n) is 5.15. The summed E-state index contributed by atoms with van der Waals surface area (Å²) < 4.78 is 59.7. The van der Waals surface area contributed by atoms with Gasteiger partial charge in [0.2, 0.25) is 10.0 Å². The van der Waals surface area contributed by atoms with Gasteiger partial charge in [0.25, 0.3) is 0 Å². The first-order valence-corrected chi connectivity index (χ1v) is 10.2. The van der Waals surface area contributed by atoms with Gasteiger partial charge in [-0.1, -0.05) is 29.8 Å². The van der Waals surface area contributed by atoms with Gasteiger partial charge < -0.3 is 4.74 Å². The molecule has 1 saturated heterocycles. The summed E-state index contributed by atoms with van der Waals surface area (Å²) in [6.07, 6.45) is 2.32. The largest absolute Gasteiger partial charge is 0.381 e. The third kappa shape index (κ3) is 4.04.